The molecule has 0 bridgehead atoms. The lowest BCUT2D eigenvalue weighted by Gasteiger charge is -2.13. The molecule has 0 amide bonds. The van der Waals surface area contributed by atoms with E-state index in [4.69, 9.17) is 15.2 Å². The first-order valence-electron chi connectivity index (χ1n) is 5.65. The van der Waals surface area contributed by atoms with Crippen LogP contribution in [0.15, 0.2) is 18.3 Å². The van der Waals surface area contributed by atoms with Gasteiger partial charge in [-0.3, -0.25) is 4.98 Å². The Morgan fingerprint density at radius 2 is 2.29 bits per heavy atom. The fourth-order valence-electron chi connectivity index (χ4n) is 1.29. The molecule has 1 aromatic rings. The van der Waals surface area contributed by atoms with Crippen LogP contribution in [0, 0.1) is 0 Å². The maximum atomic E-state index is 11.3. The van der Waals surface area contributed by atoms with E-state index in [0.717, 1.165) is 12.1 Å². The molecule has 0 aromatic carbocycles. The highest BCUT2D eigenvalue weighted by Gasteiger charge is 2.15. The van der Waals surface area contributed by atoms with Crippen molar-refractivity contribution >= 4 is 5.97 Å². The Morgan fingerprint density at radius 3 is 2.82 bits per heavy atom. The quantitative estimate of drug-likeness (QED) is 0.746. The Balaban J connectivity index is 2.53. The van der Waals surface area contributed by atoms with Gasteiger partial charge in [-0.1, -0.05) is 0 Å². The number of hydrogen-bond donors (Lipinski definition) is 1. The van der Waals surface area contributed by atoms with Gasteiger partial charge in [-0.2, -0.15) is 0 Å². The number of pyridine rings is 1. The van der Waals surface area contributed by atoms with Crippen molar-refractivity contribution in [3.63, 3.8) is 0 Å². The number of esters is 1. The van der Waals surface area contributed by atoms with E-state index >= 15 is 0 Å². The van der Waals surface area contributed by atoms with E-state index in [-0.39, 0.29) is 5.97 Å². The van der Waals surface area contributed by atoms with Gasteiger partial charge in [-0.15, -0.1) is 0 Å². The second-order valence-corrected chi connectivity index (χ2v) is 3.54. The highest BCUT2D eigenvalue weighted by Crippen LogP contribution is 2.12. The molecule has 1 heterocycles. The molecular weight excluding hydrogens is 220 g/mol. The highest BCUT2D eigenvalue weighted by atomic mass is 16.6. The van der Waals surface area contributed by atoms with Crippen LogP contribution in [0.3, 0.4) is 0 Å². The van der Waals surface area contributed by atoms with Gasteiger partial charge in [-0.25, -0.2) is 4.79 Å². The van der Waals surface area contributed by atoms with E-state index in [1.165, 1.54) is 0 Å². The number of ether oxygens (including phenoxy) is 2. The monoisotopic (exact) mass is 238 g/mol. The number of carbonyl (C=O) groups excluding carboxylic acids is 1. The van der Waals surface area contributed by atoms with Crippen LogP contribution in [0.1, 0.15) is 19.5 Å². The molecule has 1 aromatic heterocycles. The standard InChI is InChI=1S/C12H18N2O3/c1-3-16-12(15)9(2)17-11-5-4-10(6-7-13)14-8-11/h4-5,8-9H,3,6-7,13H2,1-2H3. The largest absolute Gasteiger partial charge is 0.477 e. The zero-order valence-corrected chi connectivity index (χ0v) is 10.2. The summed E-state index contributed by atoms with van der Waals surface area (Å²) in [6.07, 6.45) is 1.69. The van der Waals surface area contributed by atoms with Crippen LogP contribution in [0.2, 0.25) is 0 Å². The summed E-state index contributed by atoms with van der Waals surface area (Å²) in [7, 11) is 0. The van der Waals surface area contributed by atoms with Gasteiger partial charge >= 0.3 is 5.97 Å². The van der Waals surface area contributed by atoms with E-state index < -0.39 is 6.10 Å². The molecule has 0 fully saturated rings. The van der Waals surface area contributed by atoms with Crippen molar-refractivity contribution in [2.75, 3.05) is 13.2 Å². The third-order valence-electron chi connectivity index (χ3n) is 2.13. The molecule has 5 nitrogen and oxygen atoms in total. The molecule has 94 valence electrons. The normalized spacial score (nSPS) is 11.9. The minimum Gasteiger partial charge on any atom is -0.477 e. The Hall–Kier alpha value is -1.62. The van der Waals surface area contributed by atoms with Crippen molar-refractivity contribution in [1.82, 2.24) is 4.98 Å². The van der Waals surface area contributed by atoms with E-state index in [2.05, 4.69) is 4.98 Å². The number of nitrogens with two attached hydrogens (primary N) is 1. The number of nitrogens with zero attached hydrogens (tertiary/aromatic N) is 1. The summed E-state index contributed by atoms with van der Waals surface area (Å²) in [5.41, 5.74) is 6.33. The van der Waals surface area contributed by atoms with Gasteiger partial charge in [0.25, 0.3) is 0 Å². The van der Waals surface area contributed by atoms with Crippen molar-refractivity contribution in [2.24, 2.45) is 5.73 Å². The molecule has 5 heteroatoms. The van der Waals surface area contributed by atoms with Crippen molar-refractivity contribution in [2.45, 2.75) is 26.4 Å². The third kappa shape index (κ3) is 4.40. The van der Waals surface area contributed by atoms with Gasteiger partial charge in [0.2, 0.25) is 0 Å². The van der Waals surface area contributed by atoms with E-state index in [1.807, 2.05) is 6.07 Å². The lowest BCUT2D eigenvalue weighted by Crippen LogP contribution is -2.26. The fraction of sp³-hybridized carbons (Fsp3) is 0.500. The number of hydrogen-bond acceptors (Lipinski definition) is 5. The van der Waals surface area contributed by atoms with Crippen LogP contribution < -0.4 is 10.5 Å². The Bertz CT molecular complexity index is 351. The number of carbonyl (C=O) groups is 1. The van der Waals surface area contributed by atoms with Crippen LogP contribution in [0.4, 0.5) is 0 Å². The summed E-state index contributed by atoms with van der Waals surface area (Å²) in [5.74, 6) is 0.171. The van der Waals surface area contributed by atoms with Crippen LogP contribution >= 0.6 is 0 Å². The molecule has 0 aliphatic carbocycles. The van der Waals surface area contributed by atoms with E-state index in [1.54, 1.807) is 26.1 Å². The third-order valence-corrected chi connectivity index (χ3v) is 2.13. The molecule has 0 aliphatic rings. The summed E-state index contributed by atoms with van der Waals surface area (Å²) in [6.45, 7) is 4.31. The minimum atomic E-state index is -0.628. The minimum absolute atomic E-state index is 0.347. The van der Waals surface area contributed by atoms with Gasteiger partial charge < -0.3 is 15.2 Å². The van der Waals surface area contributed by atoms with E-state index in [0.29, 0.717) is 18.9 Å². The van der Waals surface area contributed by atoms with Gasteiger partial charge in [0.1, 0.15) is 5.75 Å². The Labute approximate surface area is 101 Å². The first-order chi connectivity index (χ1) is 8.17. The maximum Gasteiger partial charge on any atom is 0.347 e. The number of rotatable bonds is 6. The highest BCUT2D eigenvalue weighted by molar-refractivity contribution is 5.74. The number of aromatic nitrogens is 1. The van der Waals surface area contributed by atoms with Crippen LogP contribution in [0.5, 0.6) is 5.75 Å². The predicted molar refractivity (Wildman–Crippen MR) is 63.7 cm³/mol. The smallest absolute Gasteiger partial charge is 0.347 e. The molecule has 0 spiro atoms. The predicted octanol–water partition coefficient (Wildman–Crippen LogP) is 0.913. The van der Waals surface area contributed by atoms with E-state index in [9.17, 15) is 4.79 Å². The van der Waals surface area contributed by atoms with Crippen molar-refractivity contribution in [3.8, 4) is 5.75 Å². The molecule has 0 saturated carbocycles. The molecular formula is C12H18N2O3. The summed E-state index contributed by atoms with van der Waals surface area (Å²) in [4.78, 5) is 15.5. The van der Waals surface area contributed by atoms with Gasteiger partial charge in [-0.05, 0) is 32.5 Å². The van der Waals surface area contributed by atoms with Crippen molar-refractivity contribution in [1.29, 1.82) is 0 Å². The van der Waals surface area contributed by atoms with Gasteiger partial charge in [0, 0.05) is 12.1 Å². The molecule has 0 saturated heterocycles. The topological polar surface area (TPSA) is 74.4 Å². The maximum absolute atomic E-state index is 11.3. The first-order valence-corrected chi connectivity index (χ1v) is 5.65. The zero-order chi connectivity index (χ0) is 12.7. The summed E-state index contributed by atoms with van der Waals surface area (Å²) in [6, 6.07) is 3.60. The van der Waals surface area contributed by atoms with Gasteiger partial charge in [0.05, 0.1) is 12.8 Å². The molecule has 0 aliphatic heterocycles. The average molecular weight is 238 g/mol. The lowest BCUT2D eigenvalue weighted by atomic mass is 10.3. The molecule has 17 heavy (non-hydrogen) atoms. The first kappa shape index (κ1) is 13.4. The van der Waals surface area contributed by atoms with Crippen molar-refractivity contribution < 1.29 is 14.3 Å². The summed E-state index contributed by atoms with van der Waals surface area (Å²) >= 11 is 0. The van der Waals surface area contributed by atoms with Crippen LogP contribution in [-0.2, 0) is 16.0 Å². The molecule has 1 atom stereocenters. The fourth-order valence-corrected chi connectivity index (χ4v) is 1.29. The summed E-state index contributed by atoms with van der Waals surface area (Å²) in [5, 5.41) is 0. The molecule has 1 unspecified atom stereocenters. The van der Waals surface area contributed by atoms with Crippen LogP contribution in [0.25, 0.3) is 0 Å². The van der Waals surface area contributed by atoms with Gasteiger partial charge in [0.15, 0.2) is 6.10 Å². The second-order valence-electron chi connectivity index (χ2n) is 3.54. The van der Waals surface area contributed by atoms with Crippen LogP contribution in [-0.4, -0.2) is 30.2 Å². The zero-order valence-electron chi connectivity index (χ0n) is 10.2. The second kappa shape index (κ2) is 6.85. The Kier molecular flexibility index (Phi) is 5.42. The average Bonchev–Trinajstić information content (AvgIpc) is 2.32. The molecule has 1 rings (SSSR count). The molecule has 0 radical (unpaired) electrons. The summed E-state index contributed by atoms with van der Waals surface area (Å²) < 4.78 is 10.2. The Morgan fingerprint density at radius 1 is 1.53 bits per heavy atom. The SMILES string of the molecule is CCOC(=O)C(C)Oc1ccc(CCN)nc1. The lowest BCUT2D eigenvalue weighted by molar-refractivity contribution is -0.150. The molecule has 2 N–H and O–H groups in total. The van der Waals surface area contributed by atoms with Crippen molar-refractivity contribution in [3.05, 3.63) is 24.0 Å².